The van der Waals surface area contributed by atoms with Crippen LogP contribution in [0.5, 0.6) is 0 Å². The van der Waals surface area contributed by atoms with Crippen molar-refractivity contribution in [1.82, 2.24) is 0 Å². The zero-order chi connectivity index (χ0) is 13.1. The molecule has 0 spiro atoms. The zero-order valence-corrected chi connectivity index (χ0v) is 10.5. The Morgan fingerprint density at radius 3 is 2.67 bits per heavy atom. The molecule has 0 saturated heterocycles. The second-order valence-corrected chi connectivity index (χ2v) is 4.33. The number of hydrogen-bond donors (Lipinski definition) is 1. The topological polar surface area (TPSA) is 29.1 Å². The molecule has 0 aliphatic heterocycles. The van der Waals surface area contributed by atoms with Crippen molar-refractivity contribution in [2.45, 2.75) is 6.92 Å². The van der Waals surface area contributed by atoms with Crippen molar-refractivity contribution in [2.75, 3.05) is 5.32 Å². The van der Waals surface area contributed by atoms with Gasteiger partial charge in [-0.05, 0) is 36.8 Å². The molecule has 0 aliphatic rings. The minimum Gasteiger partial charge on any atom is -0.322 e. The number of nitrogens with one attached hydrogen (secondary N) is 1. The molecule has 0 bridgehead atoms. The highest BCUT2D eigenvalue weighted by molar-refractivity contribution is 6.31. The fraction of sp³-hybridized carbons (Fsp3) is 0.0714. The summed E-state index contributed by atoms with van der Waals surface area (Å²) in [5.74, 6) is -1.10. The summed E-state index contributed by atoms with van der Waals surface area (Å²) >= 11 is 5.75. The minimum absolute atomic E-state index is 0.0641. The molecule has 0 fully saturated rings. The smallest absolute Gasteiger partial charge is 0.258 e. The van der Waals surface area contributed by atoms with Gasteiger partial charge in [-0.25, -0.2) is 4.39 Å². The first-order valence-electron chi connectivity index (χ1n) is 5.40. The molecular formula is C14H11ClFNO. The number of para-hydroxylation sites is 1. The molecule has 1 N–H and O–H groups in total. The molecule has 2 aromatic carbocycles. The zero-order valence-electron chi connectivity index (χ0n) is 9.71. The van der Waals surface area contributed by atoms with Gasteiger partial charge in [-0.1, -0.05) is 29.8 Å². The van der Waals surface area contributed by atoms with Crippen molar-refractivity contribution in [3.8, 4) is 0 Å². The lowest BCUT2D eigenvalue weighted by atomic mass is 10.1. The van der Waals surface area contributed by atoms with Crippen LogP contribution in [0, 0.1) is 12.7 Å². The first-order valence-corrected chi connectivity index (χ1v) is 5.78. The Labute approximate surface area is 109 Å². The summed E-state index contributed by atoms with van der Waals surface area (Å²) in [5, 5.41) is 2.98. The lowest BCUT2D eigenvalue weighted by Gasteiger charge is -2.08. The molecule has 18 heavy (non-hydrogen) atoms. The number of halogens is 2. The van der Waals surface area contributed by atoms with Crippen LogP contribution < -0.4 is 5.32 Å². The Morgan fingerprint density at radius 2 is 1.94 bits per heavy atom. The summed E-state index contributed by atoms with van der Waals surface area (Å²) in [7, 11) is 0. The van der Waals surface area contributed by atoms with Gasteiger partial charge >= 0.3 is 0 Å². The summed E-state index contributed by atoms with van der Waals surface area (Å²) in [4.78, 5) is 11.9. The third kappa shape index (κ3) is 2.68. The number of anilines is 1. The van der Waals surface area contributed by atoms with Crippen molar-refractivity contribution in [3.05, 3.63) is 64.4 Å². The second kappa shape index (κ2) is 5.19. The molecule has 2 aromatic rings. The molecule has 1 amide bonds. The lowest BCUT2D eigenvalue weighted by molar-refractivity contribution is 0.102. The molecule has 0 atom stereocenters. The van der Waals surface area contributed by atoms with E-state index in [1.807, 2.05) is 19.1 Å². The fourth-order valence-electron chi connectivity index (χ4n) is 1.57. The Hall–Kier alpha value is -1.87. The van der Waals surface area contributed by atoms with Crippen molar-refractivity contribution in [3.63, 3.8) is 0 Å². The number of carbonyl (C=O) groups is 1. The molecule has 92 valence electrons. The van der Waals surface area contributed by atoms with E-state index in [2.05, 4.69) is 5.32 Å². The molecule has 0 radical (unpaired) electrons. The van der Waals surface area contributed by atoms with E-state index in [9.17, 15) is 9.18 Å². The lowest BCUT2D eigenvalue weighted by Crippen LogP contribution is -2.14. The normalized spacial score (nSPS) is 10.2. The number of carbonyl (C=O) groups excluding carboxylic acids is 1. The third-order valence-corrected chi connectivity index (χ3v) is 2.80. The Kier molecular flexibility index (Phi) is 3.63. The summed E-state index contributed by atoms with van der Waals surface area (Å²) in [6.45, 7) is 1.87. The Bertz CT molecular complexity index is 598. The van der Waals surface area contributed by atoms with Crippen LogP contribution >= 0.6 is 11.6 Å². The van der Waals surface area contributed by atoms with E-state index in [0.717, 1.165) is 5.56 Å². The summed E-state index contributed by atoms with van der Waals surface area (Å²) < 4.78 is 13.5. The van der Waals surface area contributed by atoms with Gasteiger partial charge < -0.3 is 5.32 Å². The van der Waals surface area contributed by atoms with Crippen molar-refractivity contribution >= 4 is 23.2 Å². The third-order valence-electron chi connectivity index (χ3n) is 2.57. The quantitative estimate of drug-likeness (QED) is 0.870. The molecule has 2 rings (SSSR count). The van der Waals surface area contributed by atoms with Gasteiger partial charge in [0.2, 0.25) is 0 Å². The van der Waals surface area contributed by atoms with Crippen molar-refractivity contribution in [1.29, 1.82) is 0 Å². The maximum Gasteiger partial charge on any atom is 0.258 e. The number of benzene rings is 2. The van der Waals surface area contributed by atoms with Crippen LogP contribution in [0.1, 0.15) is 15.9 Å². The molecule has 4 heteroatoms. The molecule has 0 aliphatic carbocycles. The number of rotatable bonds is 2. The van der Waals surface area contributed by atoms with Gasteiger partial charge in [0.1, 0.15) is 5.82 Å². The summed E-state index contributed by atoms with van der Waals surface area (Å²) in [5.41, 5.74) is 1.50. The van der Waals surface area contributed by atoms with Gasteiger partial charge in [-0.2, -0.15) is 0 Å². The Morgan fingerprint density at radius 1 is 1.22 bits per heavy atom. The first kappa shape index (κ1) is 12.6. The highest BCUT2D eigenvalue weighted by Gasteiger charge is 2.13. The number of hydrogen-bond acceptors (Lipinski definition) is 1. The van der Waals surface area contributed by atoms with Crippen LogP contribution in [-0.2, 0) is 0 Å². The van der Waals surface area contributed by atoms with Crippen LogP contribution in [0.25, 0.3) is 0 Å². The van der Waals surface area contributed by atoms with E-state index in [-0.39, 0.29) is 5.56 Å². The van der Waals surface area contributed by atoms with E-state index in [0.29, 0.717) is 10.7 Å². The highest BCUT2D eigenvalue weighted by atomic mass is 35.5. The van der Waals surface area contributed by atoms with Crippen molar-refractivity contribution < 1.29 is 9.18 Å². The van der Waals surface area contributed by atoms with Crippen LogP contribution in [0.3, 0.4) is 0 Å². The maximum atomic E-state index is 13.5. The SMILES string of the molecule is Cc1ccccc1NC(=O)c1cc(Cl)ccc1F. The van der Waals surface area contributed by atoms with Gasteiger partial charge in [-0.15, -0.1) is 0 Å². The predicted molar refractivity (Wildman–Crippen MR) is 70.5 cm³/mol. The van der Waals surface area contributed by atoms with Crippen molar-refractivity contribution in [2.24, 2.45) is 0 Å². The van der Waals surface area contributed by atoms with E-state index < -0.39 is 11.7 Å². The molecule has 0 saturated carbocycles. The fourth-order valence-corrected chi connectivity index (χ4v) is 1.75. The maximum absolute atomic E-state index is 13.5. The van der Waals surface area contributed by atoms with Gasteiger partial charge in [0.05, 0.1) is 5.56 Å². The first-order chi connectivity index (χ1) is 8.58. The van der Waals surface area contributed by atoms with Crippen LogP contribution in [0.4, 0.5) is 10.1 Å². The molecule has 0 unspecified atom stereocenters. The summed E-state index contributed by atoms with van der Waals surface area (Å²) in [6.07, 6.45) is 0. The van der Waals surface area contributed by atoms with Gasteiger partial charge in [-0.3, -0.25) is 4.79 Å². The van der Waals surface area contributed by atoms with E-state index in [1.165, 1.54) is 18.2 Å². The number of amides is 1. The highest BCUT2D eigenvalue weighted by Crippen LogP contribution is 2.18. The summed E-state index contributed by atoms with van der Waals surface area (Å²) in [6, 6.07) is 11.2. The average molecular weight is 264 g/mol. The average Bonchev–Trinajstić information content (AvgIpc) is 2.35. The molecule has 0 aromatic heterocycles. The van der Waals surface area contributed by atoms with Crippen LogP contribution in [0.15, 0.2) is 42.5 Å². The van der Waals surface area contributed by atoms with Crippen LogP contribution in [-0.4, -0.2) is 5.91 Å². The molecule has 0 heterocycles. The van der Waals surface area contributed by atoms with Gasteiger partial charge in [0.15, 0.2) is 0 Å². The molecular weight excluding hydrogens is 253 g/mol. The van der Waals surface area contributed by atoms with E-state index >= 15 is 0 Å². The molecule has 2 nitrogen and oxygen atoms in total. The van der Waals surface area contributed by atoms with Crippen LogP contribution in [0.2, 0.25) is 5.02 Å². The second-order valence-electron chi connectivity index (χ2n) is 3.89. The Balaban J connectivity index is 2.28. The standard InChI is InChI=1S/C14H11ClFNO/c1-9-4-2-3-5-13(9)17-14(18)11-8-10(15)6-7-12(11)16/h2-8H,1H3,(H,17,18). The van der Waals surface area contributed by atoms with E-state index in [1.54, 1.807) is 12.1 Å². The largest absolute Gasteiger partial charge is 0.322 e. The number of aryl methyl sites for hydroxylation is 1. The monoisotopic (exact) mass is 263 g/mol. The van der Waals surface area contributed by atoms with Gasteiger partial charge in [0, 0.05) is 10.7 Å². The van der Waals surface area contributed by atoms with Gasteiger partial charge in [0.25, 0.3) is 5.91 Å². The predicted octanol–water partition coefficient (Wildman–Crippen LogP) is 4.04. The van der Waals surface area contributed by atoms with E-state index in [4.69, 9.17) is 11.6 Å². The minimum atomic E-state index is -0.592.